The third-order valence-corrected chi connectivity index (χ3v) is 5.17. The Morgan fingerprint density at radius 1 is 1.00 bits per heavy atom. The van der Waals surface area contributed by atoms with E-state index in [-0.39, 0.29) is 12.7 Å². The number of hydrogen-bond acceptors (Lipinski definition) is 5. The fourth-order valence-corrected chi connectivity index (χ4v) is 3.13. The Labute approximate surface area is 163 Å². The van der Waals surface area contributed by atoms with E-state index in [0.29, 0.717) is 13.2 Å². The van der Waals surface area contributed by atoms with E-state index in [1.165, 1.54) is 32.1 Å². The van der Waals surface area contributed by atoms with Crippen LogP contribution in [0, 0.1) is 0 Å². The van der Waals surface area contributed by atoms with Gasteiger partial charge in [0.25, 0.3) is 0 Å². The molecule has 156 valence electrons. The van der Waals surface area contributed by atoms with E-state index in [0.717, 1.165) is 32.1 Å². The van der Waals surface area contributed by atoms with Crippen molar-refractivity contribution in [3.8, 4) is 5.75 Å². The van der Waals surface area contributed by atoms with E-state index in [1.807, 2.05) is 30.3 Å². The molecule has 1 rings (SSSR count). The summed E-state index contributed by atoms with van der Waals surface area (Å²) >= 11 is 0. The van der Waals surface area contributed by atoms with E-state index in [9.17, 15) is 9.46 Å². The SMILES string of the molecule is CCCCCCCCCC(COP(=O)(O)OC)OCCOc1ccccc1. The molecule has 0 aromatic heterocycles. The lowest BCUT2D eigenvalue weighted by Gasteiger charge is -2.19. The molecule has 0 bridgehead atoms. The van der Waals surface area contributed by atoms with Crippen molar-refractivity contribution < 1.29 is 28.0 Å². The summed E-state index contributed by atoms with van der Waals surface area (Å²) in [6, 6.07) is 9.54. The highest BCUT2D eigenvalue weighted by Crippen LogP contribution is 2.42. The molecule has 2 atom stereocenters. The van der Waals surface area contributed by atoms with Crippen LogP contribution in [0.3, 0.4) is 0 Å². The molecule has 2 unspecified atom stereocenters. The molecule has 1 aromatic carbocycles. The van der Waals surface area contributed by atoms with Gasteiger partial charge in [0.05, 0.1) is 19.3 Å². The Morgan fingerprint density at radius 3 is 2.33 bits per heavy atom. The summed E-state index contributed by atoms with van der Waals surface area (Å²) in [6.45, 7) is 3.05. The van der Waals surface area contributed by atoms with Gasteiger partial charge in [-0.1, -0.05) is 70.1 Å². The van der Waals surface area contributed by atoms with Crippen LogP contribution in [-0.4, -0.2) is 37.9 Å². The van der Waals surface area contributed by atoms with E-state index >= 15 is 0 Å². The van der Waals surface area contributed by atoms with Crippen LogP contribution in [0.5, 0.6) is 5.75 Å². The molecule has 0 saturated heterocycles. The van der Waals surface area contributed by atoms with E-state index < -0.39 is 7.82 Å². The minimum atomic E-state index is -3.98. The molecule has 0 fully saturated rings. The van der Waals surface area contributed by atoms with E-state index in [2.05, 4.69) is 11.4 Å². The Morgan fingerprint density at radius 2 is 1.67 bits per heavy atom. The first-order chi connectivity index (χ1) is 13.1. The van der Waals surface area contributed by atoms with Gasteiger partial charge in [0.1, 0.15) is 12.4 Å². The number of phosphoric ester groups is 1. The Hall–Kier alpha value is -0.910. The van der Waals surface area contributed by atoms with E-state index in [1.54, 1.807) is 0 Å². The minimum absolute atomic E-state index is 0.0305. The molecular formula is C20H35O6P. The largest absolute Gasteiger partial charge is 0.491 e. The number of benzene rings is 1. The van der Waals surface area contributed by atoms with Gasteiger partial charge < -0.3 is 14.4 Å². The smallest absolute Gasteiger partial charge is 0.472 e. The zero-order valence-corrected chi connectivity index (χ0v) is 17.6. The van der Waals surface area contributed by atoms with Crippen molar-refractivity contribution in [1.82, 2.24) is 0 Å². The van der Waals surface area contributed by atoms with Gasteiger partial charge in [-0.05, 0) is 18.6 Å². The highest BCUT2D eigenvalue weighted by molar-refractivity contribution is 7.47. The lowest BCUT2D eigenvalue weighted by Crippen LogP contribution is -2.22. The third kappa shape index (κ3) is 13.0. The van der Waals surface area contributed by atoms with Gasteiger partial charge in [-0.2, -0.15) is 0 Å². The lowest BCUT2D eigenvalue weighted by molar-refractivity contribution is -0.00677. The predicted octanol–water partition coefficient (Wildman–Crippen LogP) is 5.35. The normalized spacial score (nSPS) is 14.6. The Kier molecular flexibility index (Phi) is 13.5. The van der Waals surface area contributed by atoms with E-state index in [4.69, 9.17) is 14.0 Å². The van der Waals surface area contributed by atoms with Crippen molar-refractivity contribution in [1.29, 1.82) is 0 Å². The molecule has 0 aliphatic heterocycles. The zero-order chi connectivity index (χ0) is 19.8. The first-order valence-corrected chi connectivity index (χ1v) is 11.4. The van der Waals surface area contributed by atoms with Crippen LogP contribution in [0.15, 0.2) is 30.3 Å². The summed E-state index contributed by atoms with van der Waals surface area (Å²) in [7, 11) is -2.83. The molecule has 0 radical (unpaired) electrons. The summed E-state index contributed by atoms with van der Waals surface area (Å²) < 4.78 is 32.4. The molecule has 0 heterocycles. The van der Waals surface area contributed by atoms with Crippen LogP contribution in [0.4, 0.5) is 0 Å². The van der Waals surface area contributed by atoms with Gasteiger partial charge in [-0.25, -0.2) is 4.57 Å². The zero-order valence-electron chi connectivity index (χ0n) is 16.7. The van der Waals surface area contributed by atoms with Gasteiger partial charge in [-0.15, -0.1) is 0 Å². The Balaban J connectivity index is 2.28. The second-order valence-corrected chi connectivity index (χ2v) is 8.07. The summed E-state index contributed by atoms with van der Waals surface area (Å²) in [5.41, 5.74) is 0. The predicted molar refractivity (Wildman–Crippen MR) is 107 cm³/mol. The van der Waals surface area contributed by atoms with Crippen molar-refractivity contribution in [2.24, 2.45) is 0 Å². The highest BCUT2D eigenvalue weighted by atomic mass is 31.2. The molecule has 1 N–H and O–H groups in total. The second kappa shape index (κ2) is 15.1. The van der Waals surface area contributed by atoms with Gasteiger partial charge in [0.2, 0.25) is 0 Å². The quantitative estimate of drug-likeness (QED) is 0.279. The summed E-state index contributed by atoms with van der Waals surface area (Å²) in [4.78, 5) is 9.42. The summed E-state index contributed by atoms with van der Waals surface area (Å²) in [6.07, 6.45) is 8.96. The van der Waals surface area contributed by atoms with Gasteiger partial charge >= 0.3 is 7.82 Å². The van der Waals surface area contributed by atoms with Crippen LogP contribution in [-0.2, 0) is 18.3 Å². The molecule has 0 amide bonds. The average molecular weight is 402 g/mol. The molecule has 1 aromatic rings. The molecule has 0 aliphatic rings. The number of phosphoric acid groups is 1. The van der Waals surface area contributed by atoms with Crippen molar-refractivity contribution in [2.45, 2.75) is 64.4 Å². The fraction of sp³-hybridized carbons (Fsp3) is 0.700. The Bertz CT molecular complexity index is 510. The average Bonchev–Trinajstić information content (AvgIpc) is 2.68. The summed E-state index contributed by atoms with van der Waals surface area (Å²) in [5.74, 6) is 0.792. The number of unbranched alkanes of at least 4 members (excludes halogenated alkanes) is 6. The number of rotatable bonds is 17. The van der Waals surface area contributed by atoms with Crippen molar-refractivity contribution in [3.63, 3.8) is 0 Å². The monoisotopic (exact) mass is 402 g/mol. The molecule has 7 heteroatoms. The molecule has 0 saturated carbocycles. The molecule has 0 spiro atoms. The maximum Gasteiger partial charge on any atom is 0.472 e. The topological polar surface area (TPSA) is 74.2 Å². The fourth-order valence-electron chi connectivity index (χ4n) is 2.66. The first-order valence-electron chi connectivity index (χ1n) is 9.90. The van der Waals surface area contributed by atoms with Crippen LogP contribution >= 0.6 is 7.82 Å². The third-order valence-electron chi connectivity index (χ3n) is 4.23. The first kappa shape index (κ1) is 24.1. The molecular weight excluding hydrogens is 367 g/mol. The maximum absolute atomic E-state index is 11.5. The maximum atomic E-state index is 11.5. The van der Waals surface area contributed by atoms with Crippen molar-refractivity contribution in [3.05, 3.63) is 30.3 Å². The van der Waals surface area contributed by atoms with Crippen LogP contribution in [0.2, 0.25) is 0 Å². The van der Waals surface area contributed by atoms with Crippen LogP contribution in [0.25, 0.3) is 0 Å². The number of hydrogen-bond donors (Lipinski definition) is 1. The van der Waals surface area contributed by atoms with Crippen molar-refractivity contribution >= 4 is 7.82 Å². The van der Waals surface area contributed by atoms with Crippen molar-refractivity contribution in [2.75, 3.05) is 26.9 Å². The molecule has 6 nitrogen and oxygen atoms in total. The second-order valence-electron chi connectivity index (χ2n) is 6.51. The highest BCUT2D eigenvalue weighted by Gasteiger charge is 2.21. The number of ether oxygens (including phenoxy) is 2. The molecule has 27 heavy (non-hydrogen) atoms. The lowest BCUT2D eigenvalue weighted by atomic mass is 10.1. The molecule has 0 aliphatic carbocycles. The number of para-hydroxylation sites is 1. The van der Waals surface area contributed by atoms with Crippen LogP contribution in [0.1, 0.15) is 58.3 Å². The van der Waals surface area contributed by atoms with Crippen LogP contribution < -0.4 is 4.74 Å². The standard InChI is InChI=1S/C20H35O6P/c1-3-4-5-6-7-8-10-15-20(18-26-27(21,22)23-2)25-17-16-24-19-13-11-9-12-14-19/h9,11-14,20H,3-8,10,15-18H2,1-2H3,(H,21,22). The van der Waals surface area contributed by atoms with Gasteiger partial charge in [0, 0.05) is 7.11 Å². The minimum Gasteiger partial charge on any atom is -0.491 e. The summed E-state index contributed by atoms with van der Waals surface area (Å²) in [5, 5.41) is 0. The van der Waals surface area contributed by atoms with Gasteiger partial charge in [-0.3, -0.25) is 9.05 Å². The van der Waals surface area contributed by atoms with Gasteiger partial charge in [0.15, 0.2) is 0 Å².